The average molecular weight is 487 g/mol. The van der Waals surface area contributed by atoms with Crippen LogP contribution in [0.25, 0.3) is 0 Å². The number of halogens is 1. The Morgan fingerprint density at radius 3 is 2.76 bits per heavy atom. The summed E-state index contributed by atoms with van der Waals surface area (Å²) < 4.78 is 13.0. The summed E-state index contributed by atoms with van der Waals surface area (Å²) in [6.45, 7) is 3.05. The van der Waals surface area contributed by atoms with Crippen LogP contribution in [0.3, 0.4) is 0 Å². The van der Waals surface area contributed by atoms with E-state index in [1.165, 1.54) is 13.2 Å². The number of rotatable bonds is 10. The summed E-state index contributed by atoms with van der Waals surface area (Å²) in [4.78, 5) is 27.9. The number of anilines is 1. The summed E-state index contributed by atoms with van der Waals surface area (Å²) in [6.07, 6.45) is 9.32. The number of methoxy groups -OCH3 is 1. The second-order valence-electron chi connectivity index (χ2n) is 8.81. The van der Waals surface area contributed by atoms with Crippen molar-refractivity contribution in [1.82, 2.24) is 14.7 Å². The number of carbonyl (C=O) groups excluding carboxylic acids is 2. The van der Waals surface area contributed by atoms with Gasteiger partial charge in [0.05, 0.1) is 13.7 Å². The van der Waals surface area contributed by atoms with E-state index < -0.39 is 6.04 Å². The quantitative estimate of drug-likeness (QED) is 0.528. The highest BCUT2D eigenvalue weighted by atomic mass is 35.5. The smallest absolute Gasteiger partial charge is 0.251 e. The minimum absolute atomic E-state index is 0.196. The van der Waals surface area contributed by atoms with Crippen LogP contribution in [-0.2, 0) is 16.1 Å². The molecule has 0 saturated heterocycles. The van der Waals surface area contributed by atoms with E-state index in [1.807, 2.05) is 6.20 Å². The Kier molecular flexibility index (Phi) is 7.77. The fraction of sp³-hybridized carbons (Fsp3) is 0.480. The van der Waals surface area contributed by atoms with Crippen LogP contribution in [0, 0.1) is 5.92 Å². The van der Waals surface area contributed by atoms with Gasteiger partial charge >= 0.3 is 0 Å². The zero-order valence-electron chi connectivity index (χ0n) is 19.6. The number of aromatic nitrogens is 2. The number of aryl methyl sites for hydroxylation is 1. The Balaban J connectivity index is 1.48. The van der Waals surface area contributed by atoms with Crippen LogP contribution in [0.2, 0.25) is 5.02 Å². The molecular weight excluding hydrogens is 456 g/mol. The molecule has 1 saturated carbocycles. The van der Waals surface area contributed by atoms with Gasteiger partial charge < -0.3 is 19.7 Å². The van der Waals surface area contributed by atoms with E-state index in [1.54, 1.807) is 33.8 Å². The van der Waals surface area contributed by atoms with Gasteiger partial charge in [0.1, 0.15) is 28.3 Å². The maximum atomic E-state index is 13.3. The van der Waals surface area contributed by atoms with Gasteiger partial charge in [0.25, 0.3) is 5.91 Å². The molecule has 4 rings (SSSR count). The second kappa shape index (κ2) is 11.0. The normalized spacial score (nSPS) is 17.1. The van der Waals surface area contributed by atoms with E-state index >= 15 is 0 Å². The number of amides is 2. The first kappa shape index (κ1) is 24.1. The van der Waals surface area contributed by atoms with Gasteiger partial charge in [-0.2, -0.15) is 5.10 Å². The topological polar surface area (TPSA) is 85.7 Å². The van der Waals surface area contributed by atoms with Gasteiger partial charge in [-0.25, -0.2) is 0 Å². The van der Waals surface area contributed by atoms with E-state index in [0.29, 0.717) is 40.4 Å². The fourth-order valence-corrected chi connectivity index (χ4v) is 4.88. The molecule has 1 aliphatic carbocycles. The number of benzene rings is 1. The molecule has 8 nitrogen and oxygen atoms in total. The lowest BCUT2D eigenvalue weighted by Crippen LogP contribution is -2.46. The molecule has 34 heavy (non-hydrogen) atoms. The highest BCUT2D eigenvalue weighted by molar-refractivity contribution is 6.33. The van der Waals surface area contributed by atoms with Crippen LogP contribution in [0.15, 0.2) is 42.3 Å². The van der Waals surface area contributed by atoms with Gasteiger partial charge in [-0.1, -0.05) is 50.3 Å². The lowest BCUT2D eigenvalue weighted by Gasteiger charge is -2.29. The molecule has 2 aliphatic rings. The molecule has 9 heteroatoms. The third-order valence-electron chi connectivity index (χ3n) is 6.34. The molecular formula is C25H31ClN4O4. The molecule has 1 atom stereocenters. The Morgan fingerprint density at radius 1 is 1.26 bits per heavy atom. The molecule has 1 aromatic heterocycles. The van der Waals surface area contributed by atoms with E-state index in [4.69, 9.17) is 21.1 Å². The number of nitrogens with one attached hydrogen (secondary N) is 1. The van der Waals surface area contributed by atoms with Crippen LogP contribution >= 0.6 is 11.6 Å². The minimum Gasteiger partial charge on any atom is -0.495 e. The molecule has 1 aromatic carbocycles. The van der Waals surface area contributed by atoms with E-state index in [-0.39, 0.29) is 18.4 Å². The molecule has 182 valence electrons. The molecule has 2 aromatic rings. The van der Waals surface area contributed by atoms with E-state index in [9.17, 15) is 9.59 Å². The molecule has 1 N–H and O–H groups in total. The summed E-state index contributed by atoms with van der Waals surface area (Å²) in [5.74, 6) is 1.77. The molecule has 1 aliphatic heterocycles. The van der Waals surface area contributed by atoms with Gasteiger partial charge in [0.15, 0.2) is 5.82 Å². The van der Waals surface area contributed by atoms with Crippen molar-refractivity contribution in [1.29, 1.82) is 0 Å². The Hall–Kier alpha value is -3.00. The van der Waals surface area contributed by atoms with Crippen LogP contribution in [0.1, 0.15) is 45.4 Å². The van der Waals surface area contributed by atoms with Crippen LogP contribution in [0.4, 0.5) is 5.82 Å². The van der Waals surface area contributed by atoms with Crippen molar-refractivity contribution in [3.8, 4) is 11.5 Å². The monoisotopic (exact) mass is 486 g/mol. The Bertz CT molecular complexity index is 1060. The van der Waals surface area contributed by atoms with Gasteiger partial charge in [0.2, 0.25) is 5.91 Å². The Morgan fingerprint density at radius 2 is 2.03 bits per heavy atom. The van der Waals surface area contributed by atoms with Gasteiger partial charge in [-0.15, -0.1) is 0 Å². The van der Waals surface area contributed by atoms with Crippen molar-refractivity contribution in [3.05, 3.63) is 47.3 Å². The summed E-state index contributed by atoms with van der Waals surface area (Å²) in [5.41, 5.74) is 0. The predicted octanol–water partition coefficient (Wildman–Crippen LogP) is 4.65. The van der Waals surface area contributed by atoms with Crippen molar-refractivity contribution < 1.29 is 19.1 Å². The molecule has 2 heterocycles. The molecule has 1 fully saturated rings. The third-order valence-corrected chi connectivity index (χ3v) is 6.71. The van der Waals surface area contributed by atoms with Crippen molar-refractivity contribution in [3.63, 3.8) is 0 Å². The largest absolute Gasteiger partial charge is 0.495 e. The average Bonchev–Trinajstić information content (AvgIpc) is 3.56. The minimum atomic E-state index is -0.606. The fourth-order valence-electron chi connectivity index (χ4n) is 4.64. The summed E-state index contributed by atoms with van der Waals surface area (Å²) in [6, 6.07) is 6.39. The molecule has 1 unspecified atom stereocenters. The number of carbonyl (C=O) groups is 2. The SMILES string of the molecule is CCCn1ccc(NC(=O)C(CC2CCCC2)N2CC(Oc3cccc(OC)c3Cl)=CC2=O)n1. The van der Waals surface area contributed by atoms with Crippen molar-refractivity contribution in [2.45, 2.75) is 58.0 Å². The number of ether oxygens (including phenoxy) is 2. The standard InChI is InChI=1S/C25H31ClN4O4/c1-3-12-29-13-11-22(28-29)27-25(32)19(14-17-7-4-5-8-17)30-16-18(15-23(30)31)34-21-10-6-9-20(33-2)24(21)26/h6,9-11,13,15,17,19H,3-5,7-8,12,14,16H2,1-2H3,(H,27,28,32). The van der Waals surface area contributed by atoms with Gasteiger partial charge in [-0.05, 0) is 30.9 Å². The lowest BCUT2D eigenvalue weighted by atomic mass is 9.96. The highest BCUT2D eigenvalue weighted by Gasteiger charge is 2.36. The lowest BCUT2D eigenvalue weighted by molar-refractivity contribution is -0.134. The van der Waals surface area contributed by atoms with E-state index in [2.05, 4.69) is 17.3 Å². The number of nitrogens with zero attached hydrogens (tertiary/aromatic N) is 3. The van der Waals surface area contributed by atoms with E-state index in [0.717, 1.165) is 38.6 Å². The molecule has 0 spiro atoms. The first-order valence-corrected chi connectivity index (χ1v) is 12.2. The summed E-state index contributed by atoms with van der Waals surface area (Å²) >= 11 is 6.35. The summed E-state index contributed by atoms with van der Waals surface area (Å²) in [5, 5.41) is 7.66. The predicted molar refractivity (Wildman–Crippen MR) is 130 cm³/mol. The van der Waals surface area contributed by atoms with Crippen molar-refractivity contribution >= 4 is 29.2 Å². The van der Waals surface area contributed by atoms with Crippen LogP contribution in [-0.4, -0.2) is 46.2 Å². The first-order chi connectivity index (χ1) is 16.5. The van der Waals surface area contributed by atoms with Gasteiger partial charge in [0, 0.05) is 24.9 Å². The first-order valence-electron chi connectivity index (χ1n) is 11.8. The number of hydrogen-bond donors (Lipinski definition) is 1. The molecule has 0 radical (unpaired) electrons. The second-order valence-corrected chi connectivity index (χ2v) is 9.18. The number of hydrogen-bond acceptors (Lipinski definition) is 5. The molecule has 2 amide bonds. The maximum absolute atomic E-state index is 13.3. The summed E-state index contributed by atoms with van der Waals surface area (Å²) in [7, 11) is 1.53. The Labute approximate surface area is 204 Å². The highest BCUT2D eigenvalue weighted by Crippen LogP contribution is 2.36. The van der Waals surface area contributed by atoms with Crippen molar-refractivity contribution in [2.75, 3.05) is 19.0 Å². The van der Waals surface area contributed by atoms with Crippen LogP contribution < -0.4 is 14.8 Å². The molecule has 0 bridgehead atoms. The van der Waals surface area contributed by atoms with Crippen molar-refractivity contribution in [2.24, 2.45) is 5.92 Å². The van der Waals surface area contributed by atoms with Crippen LogP contribution in [0.5, 0.6) is 11.5 Å². The van der Waals surface area contributed by atoms with Gasteiger partial charge in [-0.3, -0.25) is 14.3 Å². The third kappa shape index (κ3) is 5.55. The maximum Gasteiger partial charge on any atom is 0.251 e. The zero-order valence-corrected chi connectivity index (χ0v) is 20.4. The zero-order chi connectivity index (χ0) is 24.1.